The van der Waals surface area contributed by atoms with Gasteiger partial charge in [-0.15, -0.1) is 0 Å². The van der Waals surface area contributed by atoms with Crippen molar-refractivity contribution in [3.63, 3.8) is 0 Å². The van der Waals surface area contributed by atoms with Crippen LogP contribution in [0.25, 0.3) is 0 Å². The first kappa shape index (κ1) is 18.1. The van der Waals surface area contributed by atoms with Gasteiger partial charge in [-0.25, -0.2) is 0 Å². The second kappa shape index (κ2) is 5.67. The van der Waals surface area contributed by atoms with Gasteiger partial charge in [0.1, 0.15) is 5.41 Å². The van der Waals surface area contributed by atoms with Crippen LogP contribution in [0.1, 0.15) is 13.3 Å². The summed E-state index contributed by atoms with van der Waals surface area (Å²) >= 11 is 0. The maximum atomic E-state index is 11.9. The first-order valence-electron chi connectivity index (χ1n) is 6.90. The van der Waals surface area contributed by atoms with Gasteiger partial charge in [0.15, 0.2) is 5.41 Å². The maximum Gasteiger partial charge on any atom is 0.321 e. The van der Waals surface area contributed by atoms with Crippen LogP contribution in [0.15, 0.2) is 23.9 Å². The molecule has 1 aliphatic carbocycles. The van der Waals surface area contributed by atoms with E-state index in [1.807, 2.05) is 19.6 Å². The number of carboxylic acids is 2. The van der Waals surface area contributed by atoms with Crippen LogP contribution in [0.4, 0.5) is 0 Å². The lowest BCUT2D eigenvalue weighted by Gasteiger charge is -2.41. The molecule has 22 heavy (non-hydrogen) atoms. The summed E-state index contributed by atoms with van der Waals surface area (Å²) in [6.07, 6.45) is 3.70. The molecule has 0 aliphatic heterocycles. The van der Waals surface area contributed by atoms with Crippen LogP contribution >= 0.6 is 0 Å². The minimum Gasteiger partial charge on any atom is -0.481 e. The highest BCUT2D eigenvalue weighted by atomic mass is 28.3. The van der Waals surface area contributed by atoms with Crippen molar-refractivity contribution in [2.24, 2.45) is 10.8 Å². The Kier molecular flexibility index (Phi) is 4.67. The van der Waals surface area contributed by atoms with E-state index >= 15 is 0 Å². The van der Waals surface area contributed by atoms with E-state index in [0.29, 0.717) is 6.04 Å². The lowest BCUT2D eigenvalue weighted by atomic mass is 9.59. The van der Waals surface area contributed by atoms with Gasteiger partial charge in [0, 0.05) is 14.1 Å². The van der Waals surface area contributed by atoms with E-state index < -0.39 is 41.5 Å². The van der Waals surface area contributed by atoms with Gasteiger partial charge in [0.25, 0.3) is 5.70 Å². The van der Waals surface area contributed by atoms with Crippen LogP contribution in [-0.4, -0.2) is 35.1 Å². The van der Waals surface area contributed by atoms with Crippen molar-refractivity contribution in [2.45, 2.75) is 39.0 Å². The number of nitro groups is 1. The molecule has 122 valence electrons. The number of carboxylic acid groups (broad SMARTS) is 2. The molecule has 1 aliphatic rings. The predicted octanol–water partition coefficient (Wildman–Crippen LogP) is 2.61. The lowest BCUT2D eigenvalue weighted by Crippen LogP contribution is -2.53. The molecule has 0 fully saturated rings. The minimum absolute atomic E-state index is 0.0581. The third-order valence-electron chi connectivity index (χ3n) is 4.31. The molecule has 0 saturated carbocycles. The summed E-state index contributed by atoms with van der Waals surface area (Å²) < 4.78 is 0. The van der Waals surface area contributed by atoms with Crippen molar-refractivity contribution < 1.29 is 24.7 Å². The number of hydrogen-bond acceptors (Lipinski definition) is 4. The number of aliphatic carboxylic acids is 2. The number of hydrogen-bond donors (Lipinski definition) is 2. The molecule has 2 atom stereocenters. The number of allylic oxidation sites excluding steroid dienone is 2. The zero-order chi connectivity index (χ0) is 17.3. The Bertz CT molecular complexity index is 576. The van der Waals surface area contributed by atoms with Crippen LogP contribution in [0, 0.1) is 20.9 Å². The van der Waals surface area contributed by atoms with E-state index in [9.17, 15) is 29.9 Å². The molecular weight excluding hydrogens is 306 g/mol. The SMILES string of the molecule is CC1(C(=O)O)C([N+](=O)[O-])=CC=CC1(CC[Si](C)(C)C)C(=O)O. The highest BCUT2D eigenvalue weighted by molar-refractivity contribution is 6.76. The summed E-state index contributed by atoms with van der Waals surface area (Å²) in [5.41, 5.74) is -4.53. The van der Waals surface area contributed by atoms with Gasteiger partial charge in [-0.3, -0.25) is 19.7 Å². The molecule has 2 unspecified atom stereocenters. The highest BCUT2D eigenvalue weighted by Crippen LogP contribution is 2.52. The Morgan fingerprint density at radius 2 is 1.82 bits per heavy atom. The molecular formula is C14H21NO6Si. The molecule has 0 aromatic rings. The second-order valence-corrected chi connectivity index (χ2v) is 12.6. The van der Waals surface area contributed by atoms with E-state index in [-0.39, 0.29) is 6.42 Å². The largest absolute Gasteiger partial charge is 0.481 e. The topological polar surface area (TPSA) is 118 Å². The fraction of sp³-hybridized carbons (Fsp3) is 0.571. The lowest BCUT2D eigenvalue weighted by molar-refractivity contribution is -0.442. The molecule has 1 rings (SSSR count). The van der Waals surface area contributed by atoms with Gasteiger partial charge in [0.05, 0.1) is 4.92 Å². The smallest absolute Gasteiger partial charge is 0.321 e. The van der Waals surface area contributed by atoms with E-state index in [0.717, 1.165) is 13.0 Å². The molecule has 7 nitrogen and oxygen atoms in total. The average molecular weight is 327 g/mol. The third-order valence-corrected chi connectivity index (χ3v) is 6.06. The Balaban J connectivity index is 3.51. The third kappa shape index (κ3) is 2.83. The average Bonchev–Trinajstić information content (AvgIpc) is 2.35. The summed E-state index contributed by atoms with van der Waals surface area (Å²) in [6.45, 7) is 7.25. The maximum absolute atomic E-state index is 11.9. The summed E-state index contributed by atoms with van der Waals surface area (Å²) in [5.74, 6) is -2.85. The van der Waals surface area contributed by atoms with Gasteiger partial charge < -0.3 is 10.2 Å². The summed E-state index contributed by atoms with van der Waals surface area (Å²) in [5, 5.41) is 30.6. The standard InChI is InChI=1S/C14H21NO6Si/c1-13(11(16)17)10(15(20)21)6-5-7-14(13,12(18)19)8-9-22(2,3)4/h5-7H,8-9H2,1-4H3,(H,16,17)(H,18,19). The van der Waals surface area contributed by atoms with Crippen molar-refractivity contribution in [1.29, 1.82) is 0 Å². The highest BCUT2D eigenvalue weighted by Gasteiger charge is 2.64. The molecule has 0 amide bonds. The van der Waals surface area contributed by atoms with E-state index in [1.165, 1.54) is 12.2 Å². The van der Waals surface area contributed by atoms with Crippen molar-refractivity contribution in [3.05, 3.63) is 34.0 Å². The van der Waals surface area contributed by atoms with Crippen LogP contribution in [-0.2, 0) is 9.59 Å². The van der Waals surface area contributed by atoms with Crippen LogP contribution < -0.4 is 0 Å². The molecule has 0 saturated heterocycles. The molecule has 0 radical (unpaired) electrons. The van der Waals surface area contributed by atoms with Gasteiger partial charge in [0.2, 0.25) is 0 Å². The molecule has 0 aromatic carbocycles. The van der Waals surface area contributed by atoms with Crippen molar-refractivity contribution in [3.8, 4) is 0 Å². The number of nitrogens with zero attached hydrogens (tertiary/aromatic N) is 1. The van der Waals surface area contributed by atoms with Crippen molar-refractivity contribution in [2.75, 3.05) is 0 Å². The molecule has 0 bridgehead atoms. The fourth-order valence-electron chi connectivity index (χ4n) is 2.71. The van der Waals surface area contributed by atoms with Gasteiger partial charge >= 0.3 is 11.9 Å². The molecule has 0 aromatic heterocycles. The van der Waals surface area contributed by atoms with Gasteiger partial charge in [-0.1, -0.05) is 37.8 Å². The van der Waals surface area contributed by atoms with Gasteiger partial charge in [-0.05, 0) is 13.3 Å². The number of carbonyl (C=O) groups is 2. The van der Waals surface area contributed by atoms with E-state index in [2.05, 4.69) is 0 Å². The minimum atomic E-state index is -2.11. The van der Waals surface area contributed by atoms with Crippen LogP contribution in [0.3, 0.4) is 0 Å². The molecule has 0 heterocycles. The zero-order valence-electron chi connectivity index (χ0n) is 13.1. The Labute approximate surface area is 129 Å². The van der Waals surface area contributed by atoms with E-state index in [4.69, 9.17) is 0 Å². The van der Waals surface area contributed by atoms with E-state index in [1.54, 1.807) is 0 Å². The molecule has 2 N–H and O–H groups in total. The molecule has 8 heteroatoms. The summed E-state index contributed by atoms with van der Waals surface area (Å²) in [6, 6.07) is 0.553. The summed E-state index contributed by atoms with van der Waals surface area (Å²) in [4.78, 5) is 34.2. The Morgan fingerprint density at radius 1 is 1.27 bits per heavy atom. The normalized spacial score (nSPS) is 28.1. The molecule has 0 spiro atoms. The first-order chi connectivity index (χ1) is 9.88. The quantitative estimate of drug-likeness (QED) is 0.440. The monoisotopic (exact) mass is 327 g/mol. The van der Waals surface area contributed by atoms with Crippen LogP contribution in [0.2, 0.25) is 25.7 Å². The van der Waals surface area contributed by atoms with Gasteiger partial charge in [-0.2, -0.15) is 0 Å². The Morgan fingerprint density at radius 3 is 2.18 bits per heavy atom. The number of rotatable bonds is 6. The van der Waals surface area contributed by atoms with Crippen molar-refractivity contribution >= 4 is 20.0 Å². The Hall–Kier alpha value is -1.96. The zero-order valence-corrected chi connectivity index (χ0v) is 14.1. The fourth-order valence-corrected chi connectivity index (χ4v) is 3.85. The second-order valence-electron chi connectivity index (χ2n) is 6.94. The van der Waals surface area contributed by atoms with Crippen LogP contribution in [0.5, 0.6) is 0 Å². The van der Waals surface area contributed by atoms with Crippen molar-refractivity contribution in [1.82, 2.24) is 0 Å². The predicted molar refractivity (Wildman–Crippen MR) is 82.8 cm³/mol. The summed E-state index contributed by atoms with van der Waals surface area (Å²) in [7, 11) is -1.66. The first-order valence-corrected chi connectivity index (χ1v) is 10.6.